The Morgan fingerprint density at radius 3 is 1.54 bits per heavy atom. The normalized spacial score (nSPS) is 9.08. The van der Waals surface area contributed by atoms with Gasteiger partial charge in [-0.15, -0.1) is 0 Å². The second-order valence-corrected chi connectivity index (χ2v) is 2.20. The summed E-state index contributed by atoms with van der Waals surface area (Å²) in [6.45, 7) is 5.11. The summed E-state index contributed by atoms with van der Waals surface area (Å²) in [5.41, 5.74) is -0.474. The van der Waals surface area contributed by atoms with E-state index in [1.807, 2.05) is 0 Å². The van der Waals surface area contributed by atoms with E-state index in [0.29, 0.717) is 0 Å². The molecule has 0 rings (SSSR count). The lowest BCUT2D eigenvalue weighted by Gasteiger charge is -2.02. The van der Waals surface area contributed by atoms with Gasteiger partial charge in [-0.05, 0) is 0 Å². The molecule has 13 heavy (non-hydrogen) atoms. The molecule has 2 N–H and O–H groups in total. The highest BCUT2D eigenvalue weighted by Crippen LogP contribution is 1.98. The number of rotatable bonds is 4. The fourth-order valence-electron chi connectivity index (χ4n) is 0.358. The lowest BCUT2D eigenvalue weighted by atomic mass is 10.3. The predicted molar refractivity (Wildman–Crippen MR) is 43.6 cm³/mol. The second kappa shape index (κ2) is 5.23. The summed E-state index contributed by atoms with van der Waals surface area (Å²) in [5, 5.41) is 16.9. The van der Waals surface area contributed by atoms with Gasteiger partial charge in [0.1, 0.15) is 0 Å². The van der Waals surface area contributed by atoms with E-state index < -0.39 is 25.2 Å². The molecule has 0 amide bonds. The van der Waals surface area contributed by atoms with Crippen LogP contribution in [0.25, 0.3) is 0 Å². The Hall–Kier alpha value is -1.46. The average molecular weight is 186 g/mol. The van der Waals surface area contributed by atoms with Crippen LogP contribution in [-0.2, 0) is 14.3 Å². The first-order chi connectivity index (χ1) is 6.02. The molecule has 0 radical (unpaired) electrons. The van der Waals surface area contributed by atoms with Crippen molar-refractivity contribution in [2.75, 3.05) is 13.2 Å². The SMILES string of the molecule is C=C(CO)C(=O)OC(=O)C(=C)CO. The largest absolute Gasteiger partial charge is 0.391 e. The van der Waals surface area contributed by atoms with Crippen LogP contribution in [0.2, 0.25) is 0 Å². The van der Waals surface area contributed by atoms with Gasteiger partial charge in [-0.25, -0.2) is 9.59 Å². The molecule has 5 heteroatoms. The standard InChI is InChI=1S/C8H10O5/c1-5(3-9)7(11)13-8(12)6(2)4-10/h9-10H,1-4H2. The van der Waals surface area contributed by atoms with Crippen molar-refractivity contribution in [3.05, 3.63) is 24.3 Å². The Kier molecular flexibility index (Phi) is 4.64. The first-order valence-corrected chi connectivity index (χ1v) is 3.36. The van der Waals surface area contributed by atoms with Gasteiger partial charge in [0.2, 0.25) is 0 Å². The number of esters is 2. The van der Waals surface area contributed by atoms with Crippen molar-refractivity contribution in [3.63, 3.8) is 0 Å². The third kappa shape index (κ3) is 3.64. The van der Waals surface area contributed by atoms with Crippen molar-refractivity contribution in [1.82, 2.24) is 0 Å². The second-order valence-electron chi connectivity index (χ2n) is 2.20. The highest BCUT2D eigenvalue weighted by molar-refractivity contribution is 6.01. The number of carbonyl (C=O) groups is 2. The summed E-state index contributed by atoms with van der Waals surface area (Å²) in [7, 11) is 0. The molecule has 0 spiro atoms. The first-order valence-electron chi connectivity index (χ1n) is 3.36. The molecule has 0 aliphatic rings. The lowest BCUT2D eigenvalue weighted by Crippen LogP contribution is -2.18. The van der Waals surface area contributed by atoms with E-state index in [-0.39, 0.29) is 11.1 Å². The molecule has 72 valence electrons. The first kappa shape index (κ1) is 11.5. The summed E-state index contributed by atoms with van der Waals surface area (Å²) in [5.74, 6) is -2.05. The monoisotopic (exact) mass is 186 g/mol. The van der Waals surface area contributed by atoms with Crippen molar-refractivity contribution in [2.24, 2.45) is 0 Å². The number of hydrogen-bond donors (Lipinski definition) is 2. The van der Waals surface area contributed by atoms with Gasteiger partial charge >= 0.3 is 11.9 Å². The summed E-state index contributed by atoms with van der Waals surface area (Å²) in [6, 6.07) is 0. The van der Waals surface area contributed by atoms with E-state index in [1.54, 1.807) is 0 Å². The van der Waals surface area contributed by atoms with Crippen molar-refractivity contribution >= 4 is 11.9 Å². The van der Waals surface area contributed by atoms with Crippen LogP contribution in [-0.4, -0.2) is 35.4 Å². The zero-order valence-electron chi connectivity index (χ0n) is 6.95. The van der Waals surface area contributed by atoms with Crippen molar-refractivity contribution in [3.8, 4) is 0 Å². The van der Waals surface area contributed by atoms with E-state index in [0.717, 1.165) is 0 Å². The van der Waals surface area contributed by atoms with Gasteiger partial charge in [0.25, 0.3) is 0 Å². The maximum atomic E-state index is 10.8. The number of hydrogen-bond acceptors (Lipinski definition) is 5. The lowest BCUT2D eigenvalue weighted by molar-refractivity contribution is -0.154. The molecule has 0 saturated heterocycles. The Morgan fingerprint density at radius 2 is 1.31 bits per heavy atom. The molecule has 0 saturated carbocycles. The molecule has 0 aromatic carbocycles. The number of carbonyl (C=O) groups excluding carboxylic acids is 2. The van der Waals surface area contributed by atoms with Crippen LogP contribution >= 0.6 is 0 Å². The number of ether oxygens (including phenoxy) is 1. The summed E-state index contributed by atoms with van der Waals surface area (Å²) < 4.78 is 4.16. The predicted octanol–water partition coefficient (Wildman–Crippen LogP) is -0.847. The molecule has 0 heterocycles. The van der Waals surface area contributed by atoms with Gasteiger partial charge in [-0.3, -0.25) is 0 Å². The van der Waals surface area contributed by atoms with Gasteiger partial charge < -0.3 is 14.9 Å². The van der Waals surface area contributed by atoms with Gasteiger partial charge in [-0.1, -0.05) is 13.2 Å². The van der Waals surface area contributed by atoms with Crippen LogP contribution in [0.3, 0.4) is 0 Å². The van der Waals surface area contributed by atoms with Crippen molar-refractivity contribution in [2.45, 2.75) is 0 Å². The number of aliphatic hydroxyl groups excluding tert-OH is 2. The highest BCUT2D eigenvalue weighted by atomic mass is 16.6. The van der Waals surface area contributed by atoms with Crippen molar-refractivity contribution in [1.29, 1.82) is 0 Å². The zero-order chi connectivity index (χ0) is 10.4. The number of aliphatic hydroxyl groups is 2. The Balaban J connectivity index is 4.15. The van der Waals surface area contributed by atoms with E-state index >= 15 is 0 Å². The minimum absolute atomic E-state index is 0.237. The Labute approximate surface area is 74.9 Å². The average Bonchev–Trinajstić information content (AvgIpc) is 2.14. The van der Waals surface area contributed by atoms with Gasteiger partial charge in [0.05, 0.1) is 24.4 Å². The Bertz CT molecular complexity index is 227. The van der Waals surface area contributed by atoms with Crippen LogP contribution in [0.15, 0.2) is 24.3 Å². The third-order valence-corrected chi connectivity index (χ3v) is 1.14. The molecule has 0 aliphatic carbocycles. The molecule has 5 nitrogen and oxygen atoms in total. The summed E-state index contributed by atoms with van der Waals surface area (Å²) in [6.07, 6.45) is 0. The quantitative estimate of drug-likeness (QED) is 0.339. The highest BCUT2D eigenvalue weighted by Gasteiger charge is 2.15. The van der Waals surface area contributed by atoms with E-state index in [4.69, 9.17) is 10.2 Å². The smallest absolute Gasteiger partial charge is 0.343 e. The van der Waals surface area contributed by atoms with Crippen LogP contribution in [0.4, 0.5) is 0 Å². The third-order valence-electron chi connectivity index (χ3n) is 1.14. The minimum Gasteiger partial charge on any atom is -0.391 e. The van der Waals surface area contributed by atoms with Gasteiger partial charge in [-0.2, -0.15) is 0 Å². The van der Waals surface area contributed by atoms with Crippen LogP contribution in [0.5, 0.6) is 0 Å². The molecule has 0 aromatic rings. The molecule has 0 bridgehead atoms. The maximum Gasteiger partial charge on any atom is 0.343 e. The molecule has 0 fully saturated rings. The zero-order valence-corrected chi connectivity index (χ0v) is 6.95. The molecular formula is C8H10O5. The summed E-state index contributed by atoms with van der Waals surface area (Å²) in [4.78, 5) is 21.6. The topological polar surface area (TPSA) is 83.8 Å². The van der Waals surface area contributed by atoms with Gasteiger partial charge in [0, 0.05) is 0 Å². The van der Waals surface area contributed by atoms with Crippen LogP contribution < -0.4 is 0 Å². The van der Waals surface area contributed by atoms with Crippen LogP contribution in [0.1, 0.15) is 0 Å². The molecule has 0 unspecified atom stereocenters. The van der Waals surface area contributed by atoms with E-state index in [9.17, 15) is 9.59 Å². The van der Waals surface area contributed by atoms with Crippen molar-refractivity contribution < 1.29 is 24.5 Å². The molecule has 0 atom stereocenters. The minimum atomic E-state index is -1.03. The van der Waals surface area contributed by atoms with Crippen LogP contribution in [0, 0.1) is 0 Å². The fraction of sp³-hybridized carbons (Fsp3) is 0.250. The van der Waals surface area contributed by atoms with E-state index in [1.165, 1.54) is 0 Å². The maximum absolute atomic E-state index is 10.8. The van der Waals surface area contributed by atoms with E-state index in [2.05, 4.69) is 17.9 Å². The molecule has 0 aliphatic heterocycles. The molecule has 0 aromatic heterocycles. The fourth-order valence-corrected chi connectivity index (χ4v) is 0.358. The Morgan fingerprint density at radius 1 is 1.00 bits per heavy atom. The molecular weight excluding hydrogens is 176 g/mol. The summed E-state index contributed by atoms with van der Waals surface area (Å²) >= 11 is 0. The van der Waals surface area contributed by atoms with Gasteiger partial charge in [0.15, 0.2) is 0 Å².